The third kappa shape index (κ3) is 24.4. The molecular weight excluding hydrogens is 1090 g/mol. The number of ether oxygens (including phenoxy) is 2. The Morgan fingerprint density at radius 2 is 1.26 bits per heavy atom. The van der Waals surface area contributed by atoms with Crippen molar-refractivity contribution in [2.24, 2.45) is 17.6 Å². The van der Waals surface area contributed by atoms with Gasteiger partial charge in [0.15, 0.2) is 0 Å². The maximum absolute atomic E-state index is 13.8. The predicted molar refractivity (Wildman–Crippen MR) is 300 cm³/mol. The number of hydrogen-bond donors (Lipinski definition) is 8. The highest BCUT2D eigenvalue weighted by molar-refractivity contribution is 14.1. The molecule has 18 nitrogen and oxygen atoms in total. The van der Waals surface area contributed by atoms with E-state index < -0.39 is 65.2 Å². The molecule has 0 bridgehead atoms. The highest BCUT2D eigenvalue weighted by atomic mass is 127. The van der Waals surface area contributed by atoms with Crippen molar-refractivity contribution >= 4 is 80.9 Å². The molecular formula is C57H82IN7O11. The summed E-state index contributed by atoms with van der Waals surface area (Å²) in [6.07, 6.45) is 7.16. The van der Waals surface area contributed by atoms with Gasteiger partial charge in [0.05, 0.1) is 6.04 Å². The van der Waals surface area contributed by atoms with Crippen LogP contribution in [0.25, 0.3) is 10.8 Å². The van der Waals surface area contributed by atoms with Crippen LogP contribution in [0.15, 0.2) is 66.7 Å². The molecule has 0 spiro atoms. The van der Waals surface area contributed by atoms with Crippen LogP contribution < -0.4 is 37.6 Å². The number of nitrogens with two attached hydrogens (primary N) is 1. The van der Waals surface area contributed by atoms with Crippen molar-refractivity contribution in [1.82, 2.24) is 31.9 Å². The zero-order valence-corrected chi connectivity index (χ0v) is 47.4. The molecule has 0 saturated heterocycles. The Morgan fingerprint density at radius 1 is 0.645 bits per heavy atom. The van der Waals surface area contributed by atoms with Gasteiger partial charge in [0.25, 0.3) is 0 Å². The first kappa shape index (κ1) is 62.7. The van der Waals surface area contributed by atoms with E-state index in [4.69, 9.17) is 15.2 Å². The molecule has 1 aliphatic carbocycles. The number of nitrogens with one attached hydrogen (secondary N) is 6. The van der Waals surface area contributed by atoms with Crippen LogP contribution in [-0.2, 0) is 55.9 Å². The summed E-state index contributed by atoms with van der Waals surface area (Å²) in [7, 11) is 0. The third-order valence-corrected chi connectivity index (χ3v) is 13.6. The normalized spacial score (nSPS) is 16.2. The Hall–Kier alpha value is -5.83. The number of benzene rings is 3. The van der Waals surface area contributed by atoms with E-state index in [-0.39, 0.29) is 61.8 Å². The van der Waals surface area contributed by atoms with Gasteiger partial charge in [0, 0.05) is 48.4 Å². The first-order valence-corrected chi connectivity index (χ1v) is 27.9. The largest absolute Gasteiger partial charge is 0.480 e. The summed E-state index contributed by atoms with van der Waals surface area (Å²) in [5, 5.41) is 28.7. The van der Waals surface area contributed by atoms with Gasteiger partial charge in [-0.3, -0.25) is 24.0 Å². The molecule has 9 N–H and O–H groups in total. The quantitative estimate of drug-likeness (QED) is 0.0200. The number of carboxylic acids is 1. The number of unbranched alkanes of at least 4 members (excludes halogenated alkanes) is 2. The van der Waals surface area contributed by atoms with Crippen LogP contribution in [0.3, 0.4) is 0 Å². The van der Waals surface area contributed by atoms with E-state index in [1.54, 1.807) is 41.5 Å². The summed E-state index contributed by atoms with van der Waals surface area (Å²) < 4.78 is 12.0. The van der Waals surface area contributed by atoms with Crippen LogP contribution in [0, 0.1) is 15.4 Å². The number of rotatable bonds is 29. The fraction of sp³-hybridized carbons (Fsp3) is 0.579. The number of fused-ring (bicyclic) bond motifs is 1. The van der Waals surface area contributed by atoms with Crippen molar-refractivity contribution in [3.8, 4) is 0 Å². The van der Waals surface area contributed by atoms with Gasteiger partial charge in [-0.05, 0) is 188 Å². The summed E-state index contributed by atoms with van der Waals surface area (Å²) in [4.78, 5) is 103. The third-order valence-electron chi connectivity index (χ3n) is 12.9. The van der Waals surface area contributed by atoms with E-state index in [1.165, 1.54) is 9.13 Å². The van der Waals surface area contributed by atoms with Crippen LogP contribution in [0.4, 0.5) is 4.79 Å². The van der Waals surface area contributed by atoms with E-state index in [1.807, 2.05) is 42.5 Å². The number of halogens is 1. The highest BCUT2D eigenvalue weighted by Crippen LogP contribution is 2.29. The van der Waals surface area contributed by atoms with E-state index in [9.17, 15) is 43.5 Å². The number of carboxylic acid groups (broad SMARTS) is 1. The van der Waals surface area contributed by atoms with Crippen molar-refractivity contribution in [3.63, 3.8) is 0 Å². The van der Waals surface area contributed by atoms with Crippen LogP contribution in [-0.4, -0.2) is 108 Å². The van der Waals surface area contributed by atoms with Gasteiger partial charge < -0.3 is 52.2 Å². The van der Waals surface area contributed by atoms with E-state index in [2.05, 4.69) is 78.8 Å². The van der Waals surface area contributed by atoms with Crippen molar-refractivity contribution in [3.05, 3.63) is 81.4 Å². The molecule has 0 unspecified atom stereocenters. The van der Waals surface area contributed by atoms with Crippen LogP contribution in [0.1, 0.15) is 143 Å². The molecule has 0 aliphatic heterocycles. The lowest BCUT2D eigenvalue weighted by atomic mass is 9.81. The molecule has 0 heterocycles. The Labute approximate surface area is 461 Å². The van der Waals surface area contributed by atoms with Gasteiger partial charge >= 0.3 is 23.9 Å². The monoisotopic (exact) mass is 1170 g/mol. The molecule has 1 fully saturated rings. The molecule has 418 valence electrons. The number of carbonyl (C=O) groups excluding carboxylic acids is 7. The highest BCUT2D eigenvalue weighted by Gasteiger charge is 2.32. The number of carbonyl (C=O) groups is 8. The minimum Gasteiger partial charge on any atom is -0.480 e. The number of hydrogen-bond acceptors (Lipinski definition) is 11. The standard InChI is InChI=1S/C57H82IN7O11/c1-56(2,3)75-49(67)31-30-46(54(73)76-57(4,5)6)65-55(74)64-45(53(71)72)18-10-12-33-61-52(70)47(35-39-22-25-40-15-7-8-16-42(40)34-39)63-50(68)41-26-20-38(21-27-41)36-62-51(69)44(59)17-9-11-32-60-48(66)19-13-14-37-23-28-43(58)29-24-37/h7-8,15-16,22-25,28-29,34,38,41,44-47H,9-14,17-21,26-27,30-33,35-36,59H2,1-6H3,(H,60,66)(H,61,70)(H,62,69)(H,63,68)(H,71,72)(H2,64,65,74)/t38?,41?,44-,45-,46-,47+/m0/s1. The summed E-state index contributed by atoms with van der Waals surface area (Å²) in [5.41, 5.74) is 6.64. The summed E-state index contributed by atoms with van der Waals surface area (Å²) in [6.45, 7) is 11.2. The summed E-state index contributed by atoms with van der Waals surface area (Å²) in [5.74, 6) is -3.64. The Kier molecular flexibility index (Phi) is 25.9. The van der Waals surface area contributed by atoms with Crippen molar-refractivity contribution in [2.45, 2.75) is 180 Å². The minimum atomic E-state index is -1.34. The van der Waals surface area contributed by atoms with E-state index in [0.29, 0.717) is 70.9 Å². The SMILES string of the molecule is CC(C)(C)OC(=O)CC[C@H](NC(=O)N[C@@H](CCCCNC(=O)[C@@H](Cc1ccc2ccccc2c1)NC(=O)C1CCC(CNC(=O)[C@@H](N)CCCCNC(=O)CCCc2ccc(I)cc2)CC1)C(=O)O)C(=O)OC(C)(C)C. The lowest BCUT2D eigenvalue weighted by Crippen LogP contribution is -2.52. The van der Waals surface area contributed by atoms with Crippen molar-refractivity contribution in [1.29, 1.82) is 0 Å². The average molecular weight is 1170 g/mol. The van der Waals surface area contributed by atoms with Crippen molar-refractivity contribution in [2.75, 3.05) is 19.6 Å². The Morgan fingerprint density at radius 3 is 1.92 bits per heavy atom. The molecule has 0 radical (unpaired) electrons. The maximum atomic E-state index is 13.8. The van der Waals surface area contributed by atoms with E-state index >= 15 is 0 Å². The molecule has 4 atom stereocenters. The lowest BCUT2D eigenvalue weighted by Gasteiger charge is -2.29. The van der Waals surface area contributed by atoms with Gasteiger partial charge in [0.2, 0.25) is 23.6 Å². The fourth-order valence-electron chi connectivity index (χ4n) is 8.85. The first-order valence-electron chi connectivity index (χ1n) is 26.8. The predicted octanol–water partition coefficient (Wildman–Crippen LogP) is 6.90. The Bertz CT molecular complexity index is 2400. The molecule has 4 rings (SSSR count). The van der Waals surface area contributed by atoms with Gasteiger partial charge in [-0.1, -0.05) is 54.6 Å². The second-order valence-corrected chi connectivity index (χ2v) is 23.1. The summed E-state index contributed by atoms with van der Waals surface area (Å²) in [6, 6.07) is 17.0. The van der Waals surface area contributed by atoms with Crippen LogP contribution in [0.2, 0.25) is 0 Å². The number of esters is 2. The maximum Gasteiger partial charge on any atom is 0.329 e. The number of urea groups is 1. The fourth-order valence-corrected chi connectivity index (χ4v) is 9.21. The molecule has 3 aromatic rings. The average Bonchev–Trinajstić information content (AvgIpc) is 3.35. The Balaban J connectivity index is 1.21. The van der Waals surface area contributed by atoms with Crippen LogP contribution >= 0.6 is 22.6 Å². The van der Waals surface area contributed by atoms with E-state index in [0.717, 1.165) is 35.6 Å². The molecule has 19 heteroatoms. The van der Waals surface area contributed by atoms with Gasteiger partial charge in [-0.2, -0.15) is 0 Å². The molecule has 1 saturated carbocycles. The lowest BCUT2D eigenvalue weighted by molar-refractivity contribution is -0.158. The molecule has 1 aliphatic rings. The molecule has 6 amide bonds. The second-order valence-electron chi connectivity index (χ2n) is 21.8. The molecule has 0 aromatic heterocycles. The number of aliphatic carboxylic acids is 1. The number of amides is 6. The zero-order valence-electron chi connectivity index (χ0n) is 45.2. The van der Waals surface area contributed by atoms with Crippen LogP contribution in [0.5, 0.6) is 0 Å². The topological polar surface area (TPSA) is 273 Å². The first-order chi connectivity index (χ1) is 35.9. The van der Waals surface area contributed by atoms with Gasteiger partial charge in [-0.15, -0.1) is 0 Å². The second kappa shape index (κ2) is 31.4. The smallest absolute Gasteiger partial charge is 0.329 e. The molecule has 3 aromatic carbocycles. The molecule has 76 heavy (non-hydrogen) atoms. The minimum absolute atomic E-state index is 0.00245. The van der Waals surface area contributed by atoms with Gasteiger partial charge in [-0.25, -0.2) is 14.4 Å². The van der Waals surface area contributed by atoms with Gasteiger partial charge in [0.1, 0.15) is 29.3 Å². The number of aryl methyl sites for hydroxylation is 1. The van der Waals surface area contributed by atoms with Crippen molar-refractivity contribution < 1.29 is 52.9 Å². The summed E-state index contributed by atoms with van der Waals surface area (Å²) >= 11 is 2.27. The zero-order chi connectivity index (χ0) is 55.8.